The van der Waals surface area contributed by atoms with E-state index >= 15 is 0 Å². The number of benzene rings is 1. The Morgan fingerprint density at radius 3 is 2.88 bits per heavy atom. The van der Waals surface area contributed by atoms with Crippen LogP contribution in [0.25, 0.3) is 0 Å². The van der Waals surface area contributed by atoms with Gasteiger partial charge in [0.1, 0.15) is 11.6 Å². The van der Waals surface area contributed by atoms with Gasteiger partial charge < -0.3 is 9.15 Å². The molecule has 0 aliphatic carbocycles. The van der Waals surface area contributed by atoms with E-state index in [0.29, 0.717) is 5.75 Å². The third-order valence-electron chi connectivity index (χ3n) is 2.06. The predicted molar refractivity (Wildman–Crippen MR) is 59.9 cm³/mol. The van der Waals surface area contributed by atoms with Crippen LogP contribution < -0.4 is 4.74 Å². The first-order chi connectivity index (χ1) is 8.16. The number of furan rings is 1. The van der Waals surface area contributed by atoms with E-state index < -0.39 is 5.82 Å². The van der Waals surface area contributed by atoms with Crippen molar-refractivity contribution < 1.29 is 18.3 Å². The Labute approximate surface area is 102 Å². The summed E-state index contributed by atoms with van der Waals surface area (Å²) < 4.78 is 22.9. The van der Waals surface area contributed by atoms with Crippen molar-refractivity contribution in [2.45, 2.75) is 0 Å². The molecule has 0 bridgehead atoms. The average molecular weight is 255 g/mol. The molecule has 1 aromatic heterocycles. The summed E-state index contributed by atoms with van der Waals surface area (Å²) in [5, 5.41) is -0.0482. The van der Waals surface area contributed by atoms with Crippen molar-refractivity contribution in [3.8, 4) is 5.75 Å². The molecule has 0 unspecified atom stereocenters. The zero-order valence-corrected chi connectivity index (χ0v) is 9.41. The molecular weight excluding hydrogens is 247 g/mol. The fourth-order valence-corrected chi connectivity index (χ4v) is 1.39. The monoisotopic (exact) mass is 254 g/mol. The number of hydrogen-bond acceptors (Lipinski definition) is 3. The summed E-state index contributed by atoms with van der Waals surface area (Å²) in [6, 6.07) is 7.04. The molecule has 0 atom stereocenters. The largest absolute Gasteiger partial charge is 0.485 e. The van der Waals surface area contributed by atoms with E-state index in [1.54, 1.807) is 12.1 Å². The number of rotatable bonds is 4. The first-order valence-corrected chi connectivity index (χ1v) is 5.19. The summed E-state index contributed by atoms with van der Waals surface area (Å²) >= 11 is 5.57. The molecule has 1 heterocycles. The quantitative estimate of drug-likeness (QED) is 0.786. The summed E-state index contributed by atoms with van der Waals surface area (Å²) in [5.41, 5.74) is 0. The van der Waals surface area contributed by atoms with Gasteiger partial charge in [-0.1, -0.05) is 11.6 Å². The summed E-state index contributed by atoms with van der Waals surface area (Å²) in [4.78, 5) is 11.5. The smallest absolute Gasteiger partial charge is 0.235 e. The van der Waals surface area contributed by atoms with E-state index in [2.05, 4.69) is 0 Å². The van der Waals surface area contributed by atoms with Gasteiger partial charge in [-0.2, -0.15) is 0 Å². The lowest BCUT2D eigenvalue weighted by Gasteiger charge is -2.04. The number of ketones is 1. The van der Waals surface area contributed by atoms with Crippen LogP contribution in [0.4, 0.5) is 4.39 Å². The summed E-state index contributed by atoms with van der Waals surface area (Å²) in [5.74, 6) is -0.277. The maximum absolute atomic E-state index is 12.9. The molecule has 5 heteroatoms. The second-order valence-corrected chi connectivity index (χ2v) is 3.67. The Morgan fingerprint density at radius 1 is 1.41 bits per heavy atom. The van der Waals surface area contributed by atoms with E-state index in [9.17, 15) is 9.18 Å². The van der Waals surface area contributed by atoms with Gasteiger partial charge >= 0.3 is 0 Å². The van der Waals surface area contributed by atoms with Crippen LogP contribution in [0.3, 0.4) is 0 Å². The number of carbonyl (C=O) groups excluding carboxylic acids is 1. The molecule has 2 aromatic rings. The maximum Gasteiger partial charge on any atom is 0.235 e. The first kappa shape index (κ1) is 11.7. The second kappa shape index (κ2) is 5.01. The molecule has 0 saturated heterocycles. The summed E-state index contributed by atoms with van der Waals surface area (Å²) in [6.45, 7) is -0.185. The van der Waals surface area contributed by atoms with Crippen LogP contribution in [0.2, 0.25) is 5.02 Å². The molecule has 0 saturated carbocycles. The second-order valence-electron chi connectivity index (χ2n) is 3.27. The van der Waals surface area contributed by atoms with E-state index in [4.69, 9.17) is 20.8 Å². The molecule has 0 aliphatic heterocycles. The highest BCUT2D eigenvalue weighted by Crippen LogP contribution is 2.21. The van der Waals surface area contributed by atoms with Crippen molar-refractivity contribution in [2.24, 2.45) is 0 Å². The van der Waals surface area contributed by atoms with Gasteiger partial charge in [-0.15, -0.1) is 0 Å². The first-order valence-electron chi connectivity index (χ1n) is 4.81. The van der Waals surface area contributed by atoms with Crippen LogP contribution in [0.15, 0.2) is 41.0 Å². The fraction of sp³-hybridized carbons (Fsp3) is 0.0833. The van der Waals surface area contributed by atoms with E-state index in [1.165, 1.54) is 24.5 Å². The molecule has 1 aromatic carbocycles. The fourth-order valence-electron chi connectivity index (χ4n) is 1.22. The zero-order valence-electron chi connectivity index (χ0n) is 8.65. The van der Waals surface area contributed by atoms with Gasteiger partial charge in [0.2, 0.25) is 5.78 Å². The van der Waals surface area contributed by atoms with Gasteiger partial charge in [-0.3, -0.25) is 4.79 Å². The van der Waals surface area contributed by atoms with Gasteiger partial charge in [-0.25, -0.2) is 4.39 Å². The van der Waals surface area contributed by atoms with Gasteiger partial charge in [0.15, 0.2) is 12.4 Å². The average Bonchev–Trinajstić information content (AvgIpc) is 2.84. The Balaban J connectivity index is 1.98. The van der Waals surface area contributed by atoms with Gasteiger partial charge in [0, 0.05) is 6.07 Å². The molecular formula is C12H8ClFO3. The number of carbonyl (C=O) groups is 1. The molecule has 17 heavy (non-hydrogen) atoms. The number of Topliss-reactive ketones (excluding diaryl/α,β-unsaturated/α-hetero) is 1. The highest BCUT2D eigenvalue weighted by atomic mass is 35.5. The van der Waals surface area contributed by atoms with Crippen molar-refractivity contribution in [1.29, 1.82) is 0 Å². The van der Waals surface area contributed by atoms with Crippen molar-refractivity contribution in [2.75, 3.05) is 6.61 Å². The Kier molecular flexibility index (Phi) is 3.44. The van der Waals surface area contributed by atoms with E-state index in [1.807, 2.05) is 0 Å². The minimum absolute atomic E-state index is 0.0482. The zero-order chi connectivity index (χ0) is 12.3. The van der Waals surface area contributed by atoms with E-state index in [0.717, 1.165) is 0 Å². The lowest BCUT2D eigenvalue weighted by molar-refractivity contribution is 0.0893. The molecule has 88 valence electrons. The van der Waals surface area contributed by atoms with E-state index in [-0.39, 0.29) is 23.2 Å². The van der Waals surface area contributed by atoms with Crippen LogP contribution in [0, 0.1) is 5.82 Å². The molecule has 0 N–H and O–H groups in total. The minimum Gasteiger partial charge on any atom is -0.485 e. The SMILES string of the molecule is O=C(COc1ccc(F)c(Cl)c1)c1ccco1. The molecule has 0 amide bonds. The maximum atomic E-state index is 12.9. The minimum atomic E-state index is -0.531. The standard InChI is InChI=1S/C12H8ClFO3/c13-9-6-8(3-4-10(9)14)17-7-11(15)12-2-1-5-16-12/h1-6H,7H2. The number of ether oxygens (including phenoxy) is 1. The summed E-state index contributed by atoms with van der Waals surface area (Å²) in [6.07, 6.45) is 1.40. The lowest BCUT2D eigenvalue weighted by Crippen LogP contribution is -2.10. The van der Waals surface area contributed by atoms with Crippen LogP contribution in [0.1, 0.15) is 10.6 Å². The van der Waals surface area contributed by atoms with Gasteiger partial charge in [0.25, 0.3) is 0 Å². The van der Waals surface area contributed by atoms with Crippen LogP contribution in [0.5, 0.6) is 5.75 Å². The van der Waals surface area contributed by atoms with Crippen molar-refractivity contribution in [3.05, 3.63) is 53.2 Å². The molecule has 0 radical (unpaired) electrons. The predicted octanol–water partition coefficient (Wildman–Crippen LogP) is 3.33. The van der Waals surface area contributed by atoms with Crippen molar-refractivity contribution >= 4 is 17.4 Å². The number of hydrogen-bond donors (Lipinski definition) is 0. The normalized spacial score (nSPS) is 10.2. The number of halogens is 2. The molecule has 2 rings (SSSR count). The highest BCUT2D eigenvalue weighted by Gasteiger charge is 2.10. The topological polar surface area (TPSA) is 39.4 Å². The lowest BCUT2D eigenvalue weighted by atomic mass is 10.3. The van der Waals surface area contributed by atoms with Crippen LogP contribution in [-0.2, 0) is 0 Å². The molecule has 0 spiro atoms. The van der Waals surface area contributed by atoms with Gasteiger partial charge in [0.05, 0.1) is 11.3 Å². The molecule has 3 nitrogen and oxygen atoms in total. The Morgan fingerprint density at radius 2 is 2.24 bits per heavy atom. The third kappa shape index (κ3) is 2.85. The third-order valence-corrected chi connectivity index (χ3v) is 2.35. The Hall–Kier alpha value is -1.81. The molecule has 0 fully saturated rings. The van der Waals surface area contributed by atoms with Crippen LogP contribution in [-0.4, -0.2) is 12.4 Å². The van der Waals surface area contributed by atoms with Crippen molar-refractivity contribution in [3.63, 3.8) is 0 Å². The van der Waals surface area contributed by atoms with Crippen LogP contribution >= 0.6 is 11.6 Å². The van der Waals surface area contributed by atoms with Crippen molar-refractivity contribution in [1.82, 2.24) is 0 Å². The molecule has 0 aliphatic rings. The highest BCUT2D eigenvalue weighted by molar-refractivity contribution is 6.30. The Bertz CT molecular complexity index is 523. The van der Waals surface area contributed by atoms with Gasteiger partial charge in [-0.05, 0) is 24.3 Å². The summed E-state index contributed by atoms with van der Waals surface area (Å²) in [7, 11) is 0.